The maximum atomic E-state index is 5.47. The molecule has 1 rings (SSSR count). The van der Waals surface area contributed by atoms with Crippen molar-refractivity contribution >= 4 is 0 Å². The van der Waals surface area contributed by atoms with Crippen molar-refractivity contribution in [3.63, 3.8) is 0 Å². The van der Waals surface area contributed by atoms with Gasteiger partial charge in [0.1, 0.15) is 0 Å². The Hall–Kier alpha value is -0.860. The molecule has 78 valence electrons. The van der Waals surface area contributed by atoms with E-state index < -0.39 is 0 Å². The first-order valence-electron chi connectivity index (χ1n) is 4.97. The van der Waals surface area contributed by atoms with Crippen molar-refractivity contribution in [3.8, 4) is 0 Å². The number of rotatable bonds is 6. The molecule has 0 heterocycles. The summed E-state index contributed by atoms with van der Waals surface area (Å²) in [5.41, 5.74) is 1.32. The zero-order valence-electron chi connectivity index (χ0n) is 8.90. The molecule has 0 fully saturated rings. The van der Waals surface area contributed by atoms with E-state index in [-0.39, 0.29) is 6.10 Å². The number of ether oxygens (including phenoxy) is 2. The lowest BCUT2D eigenvalue weighted by Gasteiger charge is -2.09. The average molecular weight is 194 g/mol. The Balaban J connectivity index is 2.10. The largest absolute Gasteiger partial charge is 0.379 e. The SMILES string of the molecule is COC(C)COCCc1ccccc1. The third-order valence-corrected chi connectivity index (χ3v) is 2.13. The van der Waals surface area contributed by atoms with Gasteiger partial charge in [0.2, 0.25) is 0 Å². The van der Waals surface area contributed by atoms with Gasteiger partial charge in [0.05, 0.1) is 19.3 Å². The van der Waals surface area contributed by atoms with E-state index >= 15 is 0 Å². The van der Waals surface area contributed by atoms with Gasteiger partial charge >= 0.3 is 0 Å². The molecule has 0 saturated carbocycles. The van der Waals surface area contributed by atoms with Gasteiger partial charge in [0, 0.05) is 7.11 Å². The van der Waals surface area contributed by atoms with E-state index in [4.69, 9.17) is 9.47 Å². The summed E-state index contributed by atoms with van der Waals surface area (Å²) in [6.45, 7) is 3.43. The lowest BCUT2D eigenvalue weighted by atomic mass is 10.2. The molecule has 2 heteroatoms. The molecule has 0 bridgehead atoms. The highest BCUT2D eigenvalue weighted by molar-refractivity contribution is 5.14. The van der Waals surface area contributed by atoms with Crippen LogP contribution in [0.5, 0.6) is 0 Å². The molecule has 1 atom stereocenters. The normalized spacial score (nSPS) is 12.7. The molecular formula is C12H18O2. The second-order valence-corrected chi connectivity index (χ2v) is 3.36. The van der Waals surface area contributed by atoms with E-state index in [0.29, 0.717) is 6.61 Å². The molecule has 0 aromatic heterocycles. The topological polar surface area (TPSA) is 18.5 Å². The molecular weight excluding hydrogens is 176 g/mol. The van der Waals surface area contributed by atoms with Gasteiger partial charge in [-0.25, -0.2) is 0 Å². The fourth-order valence-electron chi connectivity index (χ4n) is 1.15. The van der Waals surface area contributed by atoms with Crippen LogP contribution in [0.1, 0.15) is 12.5 Å². The summed E-state index contributed by atoms with van der Waals surface area (Å²) < 4.78 is 10.5. The Morgan fingerprint density at radius 2 is 1.93 bits per heavy atom. The zero-order chi connectivity index (χ0) is 10.2. The third-order valence-electron chi connectivity index (χ3n) is 2.13. The molecule has 1 unspecified atom stereocenters. The lowest BCUT2D eigenvalue weighted by molar-refractivity contribution is 0.0196. The molecule has 0 radical (unpaired) electrons. The third kappa shape index (κ3) is 4.40. The van der Waals surface area contributed by atoms with E-state index in [2.05, 4.69) is 12.1 Å². The van der Waals surface area contributed by atoms with Crippen LogP contribution >= 0.6 is 0 Å². The molecule has 0 saturated heterocycles. The van der Waals surface area contributed by atoms with Gasteiger partial charge in [-0.15, -0.1) is 0 Å². The van der Waals surface area contributed by atoms with Crippen LogP contribution in [0.15, 0.2) is 30.3 Å². The summed E-state index contributed by atoms with van der Waals surface area (Å²) in [5.74, 6) is 0. The molecule has 0 N–H and O–H groups in total. The molecule has 0 aliphatic carbocycles. The first-order valence-corrected chi connectivity index (χ1v) is 4.97. The first-order chi connectivity index (χ1) is 6.83. The Kier molecular flexibility index (Phi) is 5.27. The van der Waals surface area contributed by atoms with E-state index in [9.17, 15) is 0 Å². The fourth-order valence-corrected chi connectivity index (χ4v) is 1.15. The van der Waals surface area contributed by atoms with Crippen molar-refractivity contribution < 1.29 is 9.47 Å². The van der Waals surface area contributed by atoms with E-state index in [0.717, 1.165) is 13.0 Å². The molecule has 0 spiro atoms. The molecule has 14 heavy (non-hydrogen) atoms. The Labute approximate surface area is 85.8 Å². The minimum Gasteiger partial charge on any atom is -0.379 e. The van der Waals surface area contributed by atoms with Gasteiger partial charge in [0.15, 0.2) is 0 Å². The zero-order valence-corrected chi connectivity index (χ0v) is 8.90. The molecule has 2 nitrogen and oxygen atoms in total. The van der Waals surface area contributed by atoms with E-state index in [1.807, 2.05) is 25.1 Å². The second-order valence-electron chi connectivity index (χ2n) is 3.36. The summed E-state index contributed by atoms with van der Waals surface area (Å²) >= 11 is 0. The van der Waals surface area contributed by atoms with Crippen molar-refractivity contribution in [2.45, 2.75) is 19.4 Å². The summed E-state index contributed by atoms with van der Waals surface area (Å²) in [4.78, 5) is 0. The number of hydrogen-bond donors (Lipinski definition) is 0. The Morgan fingerprint density at radius 1 is 1.21 bits per heavy atom. The standard InChI is InChI=1S/C12H18O2/c1-11(13-2)10-14-9-8-12-6-4-3-5-7-12/h3-7,11H,8-10H2,1-2H3. The van der Waals surface area contributed by atoms with Gasteiger partial charge in [-0.05, 0) is 18.9 Å². The minimum atomic E-state index is 0.186. The highest BCUT2D eigenvalue weighted by Crippen LogP contribution is 2.00. The van der Waals surface area contributed by atoms with E-state index in [1.54, 1.807) is 7.11 Å². The molecule has 0 aliphatic heterocycles. The van der Waals surface area contributed by atoms with Gasteiger partial charge in [-0.2, -0.15) is 0 Å². The first kappa shape index (κ1) is 11.2. The summed E-state index contributed by atoms with van der Waals surface area (Å²) in [6, 6.07) is 10.4. The quantitative estimate of drug-likeness (QED) is 0.647. The summed E-state index contributed by atoms with van der Waals surface area (Å²) in [7, 11) is 1.70. The lowest BCUT2D eigenvalue weighted by Crippen LogP contribution is -2.14. The smallest absolute Gasteiger partial charge is 0.0776 e. The van der Waals surface area contributed by atoms with Crippen LogP contribution in [0.4, 0.5) is 0 Å². The predicted molar refractivity (Wildman–Crippen MR) is 57.4 cm³/mol. The Morgan fingerprint density at radius 3 is 2.57 bits per heavy atom. The van der Waals surface area contributed by atoms with Crippen LogP contribution in [0.25, 0.3) is 0 Å². The average Bonchev–Trinajstić information content (AvgIpc) is 2.25. The van der Waals surface area contributed by atoms with Crippen LogP contribution in [-0.2, 0) is 15.9 Å². The fraction of sp³-hybridized carbons (Fsp3) is 0.500. The predicted octanol–water partition coefficient (Wildman–Crippen LogP) is 2.28. The van der Waals surface area contributed by atoms with Crippen LogP contribution in [0.3, 0.4) is 0 Å². The van der Waals surface area contributed by atoms with E-state index in [1.165, 1.54) is 5.56 Å². The maximum Gasteiger partial charge on any atom is 0.0776 e. The van der Waals surface area contributed by atoms with Gasteiger partial charge in [-0.3, -0.25) is 0 Å². The van der Waals surface area contributed by atoms with Crippen molar-refractivity contribution in [2.24, 2.45) is 0 Å². The van der Waals surface area contributed by atoms with Gasteiger partial charge in [0.25, 0.3) is 0 Å². The molecule has 0 amide bonds. The highest BCUT2D eigenvalue weighted by Gasteiger charge is 1.98. The van der Waals surface area contributed by atoms with Crippen molar-refractivity contribution in [3.05, 3.63) is 35.9 Å². The number of hydrogen-bond acceptors (Lipinski definition) is 2. The van der Waals surface area contributed by atoms with Crippen molar-refractivity contribution in [1.29, 1.82) is 0 Å². The Bertz CT molecular complexity index is 233. The minimum absolute atomic E-state index is 0.186. The van der Waals surface area contributed by atoms with Gasteiger partial charge in [-0.1, -0.05) is 30.3 Å². The monoisotopic (exact) mass is 194 g/mol. The van der Waals surface area contributed by atoms with Crippen molar-refractivity contribution in [1.82, 2.24) is 0 Å². The van der Waals surface area contributed by atoms with Crippen LogP contribution in [-0.4, -0.2) is 26.4 Å². The maximum absolute atomic E-state index is 5.47. The van der Waals surface area contributed by atoms with Crippen LogP contribution < -0.4 is 0 Å². The van der Waals surface area contributed by atoms with Gasteiger partial charge < -0.3 is 9.47 Å². The van der Waals surface area contributed by atoms with Crippen molar-refractivity contribution in [2.75, 3.05) is 20.3 Å². The molecule has 1 aromatic carbocycles. The summed E-state index contributed by atoms with van der Waals surface area (Å²) in [6.07, 6.45) is 1.16. The highest BCUT2D eigenvalue weighted by atomic mass is 16.5. The number of methoxy groups -OCH3 is 1. The number of benzene rings is 1. The van der Waals surface area contributed by atoms with Crippen LogP contribution in [0.2, 0.25) is 0 Å². The second kappa shape index (κ2) is 6.57. The summed E-state index contributed by atoms with van der Waals surface area (Å²) in [5, 5.41) is 0. The van der Waals surface area contributed by atoms with Crippen LogP contribution in [0, 0.1) is 0 Å². The molecule has 1 aromatic rings. The molecule has 0 aliphatic rings.